The van der Waals surface area contributed by atoms with E-state index in [1.165, 1.54) is 16.9 Å². The number of methoxy groups -OCH3 is 2. The lowest BCUT2D eigenvalue weighted by Crippen LogP contribution is -2.37. The van der Waals surface area contributed by atoms with Gasteiger partial charge in [-0.25, -0.2) is 4.98 Å². The number of carbonyl (C=O) groups is 1. The molecule has 0 saturated heterocycles. The summed E-state index contributed by atoms with van der Waals surface area (Å²) in [4.78, 5) is 23.6. The number of hydrogen-bond acceptors (Lipinski definition) is 6. The van der Waals surface area contributed by atoms with Crippen LogP contribution in [0, 0.1) is 0 Å². The van der Waals surface area contributed by atoms with Gasteiger partial charge in [-0.3, -0.25) is 9.78 Å². The molecule has 0 spiro atoms. The summed E-state index contributed by atoms with van der Waals surface area (Å²) in [7, 11) is 3.26. The normalized spacial score (nSPS) is 13.1. The SMILES string of the molecule is COc1cc2c(cc1OC)CN(C(=O)Cc1csc(-c3ccccn3)n1)CC2. The predicted octanol–water partition coefficient (Wildman–Crippen LogP) is 3.35. The molecular weight excluding hydrogens is 374 g/mol. The van der Waals surface area contributed by atoms with Crippen molar-refractivity contribution in [1.29, 1.82) is 0 Å². The van der Waals surface area contributed by atoms with Crippen molar-refractivity contribution in [1.82, 2.24) is 14.9 Å². The monoisotopic (exact) mass is 395 g/mol. The number of benzene rings is 1. The average Bonchev–Trinajstić information content (AvgIpc) is 3.21. The van der Waals surface area contributed by atoms with Gasteiger partial charge in [0.2, 0.25) is 5.91 Å². The molecule has 1 aromatic carbocycles. The fraction of sp³-hybridized carbons (Fsp3) is 0.286. The van der Waals surface area contributed by atoms with Crippen LogP contribution in [0.25, 0.3) is 10.7 Å². The van der Waals surface area contributed by atoms with Crippen molar-refractivity contribution < 1.29 is 14.3 Å². The number of aromatic nitrogens is 2. The fourth-order valence-electron chi connectivity index (χ4n) is 3.36. The van der Waals surface area contributed by atoms with Gasteiger partial charge in [-0.05, 0) is 41.8 Å². The summed E-state index contributed by atoms with van der Waals surface area (Å²) in [6, 6.07) is 9.71. The summed E-state index contributed by atoms with van der Waals surface area (Å²) in [6.07, 6.45) is 2.85. The third kappa shape index (κ3) is 3.71. The van der Waals surface area contributed by atoms with Crippen molar-refractivity contribution in [3.05, 3.63) is 58.7 Å². The first kappa shape index (κ1) is 18.4. The summed E-state index contributed by atoms with van der Waals surface area (Å²) in [5, 5.41) is 2.78. The molecule has 0 unspecified atom stereocenters. The van der Waals surface area contributed by atoms with Crippen LogP contribution in [0.1, 0.15) is 16.8 Å². The number of nitrogens with zero attached hydrogens (tertiary/aromatic N) is 3. The van der Waals surface area contributed by atoms with Crippen LogP contribution in [0.2, 0.25) is 0 Å². The van der Waals surface area contributed by atoms with Crippen LogP contribution in [0.5, 0.6) is 11.5 Å². The minimum atomic E-state index is 0.0818. The molecule has 0 atom stereocenters. The highest BCUT2D eigenvalue weighted by molar-refractivity contribution is 7.13. The molecular formula is C21H21N3O3S. The van der Waals surface area contributed by atoms with Gasteiger partial charge in [0, 0.05) is 24.7 Å². The number of fused-ring (bicyclic) bond motifs is 1. The highest BCUT2D eigenvalue weighted by Crippen LogP contribution is 2.33. The Labute approximate surface area is 167 Å². The quantitative estimate of drug-likeness (QED) is 0.663. The Bertz CT molecular complexity index is 988. The second-order valence-corrected chi connectivity index (χ2v) is 7.44. The maximum atomic E-state index is 12.8. The molecule has 144 valence electrons. The van der Waals surface area contributed by atoms with Crippen LogP contribution in [-0.2, 0) is 24.2 Å². The smallest absolute Gasteiger partial charge is 0.228 e. The molecule has 1 aliphatic rings. The number of thiazole rings is 1. The molecule has 7 heteroatoms. The average molecular weight is 395 g/mol. The van der Waals surface area contributed by atoms with E-state index in [1.54, 1.807) is 20.4 Å². The Morgan fingerprint density at radius 3 is 2.68 bits per heavy atom. The molecule has 4 rings (SSSR count). The van der Waals surface area contributed by atoms with Gasteiger partial charge in [0.05, 0.1) is 32.0 Å². The number of ether oxygens (including phenoxy) is 2. The molecule has 3 heterocycles. The lowest BCUT2D eigenvalue weighted by molar-refractivity contribution is -0.131. The first-order chi connectivity index (χ1) is 13.7. The standard InChI is InChI=1S/C21H21N3O3S/c1-26-18-9-14-6-8-24(12-15(14)10-19(18)27-2)20(25)11-16-13-28-21(23-16)17-5-3-4-7-22-17/h3-5,7,9-10,13H,6,8,11-12H2,1-2H3. The summed E-state index contributed by atoms with van der Waals surface area (Å²) in [5.74, 6) is 1.50. The molecule has 3 aromatic rings. The van der Waals surface area contributed by atoms with E-state index in [2.05, 4.69) is 9.97 Å². The topological polar surface area (TPSA) is 64.6 Å². The first-order valence-corrected chi connectivity index (χ1v) is 9.93. The maximum Gasteiger partial charge on any atom is 0.228 e. The maximum absolute atomic E-state index is 12.8. The number of rotatable bonds is 5. The molecule has 6 nitrogen and oxygen atoms in total. The van der Waals surface area contributed by atoms with Crippen molar-refractivity contribution in [3.8, 4) is 22.2 Å². The van der Waals surface area contributed by atoms with Crippen molar-refractivity contribution in [3.63, 3.8) is 0 Å². The van der Waals surface area contributed by atoms with E-state index in [1.807, 2.05) is 40.6 Å². The third-order valence-corrected chi connectivity index (χ3v) is 5.75. The largest absolute Gasteiger partial charge is 0.493 e. The zero-order valence-electron chi connectivity index (χ0n) is 15.8. The predicted molar refractivity (Wildman–Crippen MR) is 108 cm³/mol. The van der Waals surface area contributed by atoms with Crippen LogP contribution in [0.4, 0.5) is 0 Å². The van der Waals surface area contributed by atoms with Gasteiger partial charge in [0.25, 0.3) is 0 Å². The van der Waals surface area contributed by atoms with Crippen LogP contribution in [-0.4, -0.2) is 41.5 Å². The van der Waals surface area contributed by atoms with Crippen LogP contribution in [0.3, 0.4) is 0 Å². The molecule has 0 fully saturated rings. The molecule has 1 aliphatic heterocycles. The van der Waals surface area contributed by atoms with Crippen molar-refractivity contribution in [2.45, 2.75) is 19.4 Å². The van der Waals surface area contributed by atoms with E-state index in [0.717, 1.165) is 34.1 Å². The third-order valence-electron chi connectivity index (χ3n) is 4.84. The van der Waals surface area contributed by atoms with Crippen LogP contribution < -0.4 is 9.47 Å². The molecule has 1 amide bonds. The Kier molecular flexibility index (Phi) is 5.25. The zero-order valence-corrected chi connectivity index (χ0v) is 16.7. The first-order valence-electron chi connectivity index (χ1n) is 9.05. The van der Waals surface area contributed by atoms with Gasteiger partial charge in [0.1, 0.15) is 5.01 Å². The van der Waals surface area contributed by atoms with Gasteiger partial charge >= 0.3 is 0 Å². The van der Waals surface area contributed by atoms with E-state index in [4.69, 9.17) is 9.47 Å². The summed E-state index contributed by atoms with van der Waals surface area (Å²) < 4.78 is 10.8. The molecule has 0 radical (unpaired) electrons. The Hall–Kier alpha value is -2.93. The fourth-order valence-corrected chi connectivity index (χ4v) is 4.15. The Morgan fingerprint density at radius 2 is 1.96 bits per heavy atom. The Balaban J connectivity index is 1.46. The lowest BCUT2D eigenvalue weighted by atomic mass is 9.98. The number of carbonyl (C=O) groups excluding carboxylic acids is 1. The van der Waals surface area contributed by atoms with Gasteiger partial charge in [-0.2, -0.15) is 0 Å². The van der Waals surface area contributed by atoms with Crippen molar-refractivity contribution in [2.75, 3.05) is 20.8 Å². The van der Waals surface area contributed by atoms with E-state index >= 15 is 0 Å². The van der Waals surface area contributed by atoms with Crippen LogP contribution >= 0.6 is 11.3 Å². The summed E-state index contributed by atoms with van der Waals surface area (Å²) >= 11 is 1.51. The highest BCUT2D eigenvalue weighted by Gasteiger charge is 2.23. The van der Waals surface area contributed by atoms with Gasteiger partial charge in [0.15, 0.2) is 11.5 Å². The molecule has 0 bridgehead atoms. The molecule has 2 aromatic heterocycles. The molecule has 0 aliphatic carbocycles. The van der Waals surface area contributed by atoms with E-state index < -0.39 is 0 Å². The van der Waals surface area contributed by atoms with E-state index in [0.29, 0.717) is 25.3 Å². The second kappa shape index (κ2) is 7.98. The van der Waals surface area contributed by atoms with Crippen molar-refractivity contribution >= 4 is 17.2 Å². The summed E-state index contributed by atoms with van der Waals surface area (Å²) in [5.41, 5.74) is 3.92. The molecule has 0 saturated carbocycles. The number of pyridine rings is 1. The summed E-state index contributed by atoms with van der Waals surface area (Å²) in [6.45, 7) is 1.27. The van der Waals surface area contributed by atoms with Gasteiger partial charge in [-0.15, -0.1) is 11.3 Å². The molecule has 28 heavy (non-hydrogen) atoms. The highest BCUT2D eigenvalue weighted by atomic mass is 32.1. The minimum Gasteiger partial charge on any atom is -0.493 e. The lowest BCUT2D eigenvalue weighted by Gasteiger charge is -2.29. The van der Waals surface area contributed by atoms with E-state index in [9.17, 15) is 4.79 Å². The number of hydrogen-bond donors (Lipinski definition) is 0. The van der Waals surface area contributed by atoms with Crippen LogP contribution in [0.15, 0.2) is 41.9 Å². The van der Waals surface area contributed by atoms with Gasteiger partial charge in [-0.1, -0.05) is 6.07 Å². The Morgan fingerprint density at radius 1 is 1.18 bits per heavy atom. The minimum absolute atomic E-state index is 0.0818. The molecule has 0 N–H and O–H groups in total. The van der Waals surface area contributed by atoms with Crippen molar-refractivity contribution in [2.24, 2.45) is 0 Å². The second-order valence-electron chi connectivity index (χ2n) is 6.58. The van der Waals surface area contributed by atoms with Gasteiger partial charge < -0.3 is 14.4 Å². The zero-order chi connectivity index (χ0) is 19.5. The number of amides is 1. The van der Waals surface area contributed by atoms with E-state index in [-0.39, 0.29) is 5.91 Å².